The van der Waals surface area contributed by atoms with Crippen molar-refractivity contribution in [3.05, 3.63) is 35.6 Å². The monoisotopic (exact) mass is 293 g/mol. The van der Waals surface area contributed by atoms with E-state index in [4.69, 9.17) is 11.6 Å². The molecule has 0 aliphatic carbocycles. The van der Waals surface area contributed by atoms with Gasteiger partial charge in [0.05, 0.1) is 5.75 Å². The minimum absolute atomic E-state index is 0.0862. The highest BCUT2D eigenvalue weighted by atomic mass is 35.5. The van der Waals surface area contributed by atoms with Crippen LogP contribution in [0.25, 0.3) is 0 Å². The summed E-state index contributed by atoms with van der Waals surface area (Å²) in [6.07, 6.45) is 1.72. The van der Waals surface area contributed by atoms with Gasteiger partial charge in [-0.05, 0) is 37.0 Å². The Morgan fingerprint density at radius 2 is 2.06 bits per heavy atom. The van der Waals surface area contributed by atoms with Crippen LogP contribution >= 0.6 is 11.6 Å². The summed E-state index contributed by atoms with van der Waals surface area (Å²) in [6.45, 7) is 0.284. The average molecular weight is 294 g/mol. The number of benzene rings is 1. The summed E-state index contributed by atoms with van der Waals surface area (Å²) in [6, 6.07) is 6.14. The van der Waals surface area contributed by atoms with Gasteiger partial charge in [-0.15, -0.1) is 11.6 Å². The number of hydrogen-bond acceptors (Lipinski definition) is 2. The van der Waals surface area contributed by atoms with Crippen molar-refractivity contribution in [1.82, 2.24) is 4.72 Å². The predicted octanol–water partition coefficient (Wildman–Crippen LogP) is 2.31. The first kappa shape index (κ1) is 15.4. The Balaban J connectivity index is 2.32. The van der Waals surface area contributed by atoms with Crippen LogP contribution < -0.4 is 4.72 Å². The van der Waals surface area contributed by atoms with Crippen molar-refractivity contribution in [2.24, 2.45) is 0 Å². The Kier molecular flexibility index (Phi) is 6.60. The van der Waals surface area contributed by atoms with Crippen LogP contribution in [0.2, 0.25) is 0 Å². The second kappa shape index (κ2) is 7.71. The molecule has 0 atom stereocenters. The van der Waals surface area contributed by atoms with Crippen LogP contribution in [-0.2, 0) is 16.4 Å². The molecule has 0 radical (unpaired) electrons. The molecule has 0 saturated heterocycles. The van der Waals surface area contributed by atoms with Gasteiger partial charge in [0.25, 0.3) is 0 Å². The first-order valence-corrected chi connectivity index (χ1v) is 8.00. The molecule has 0 amide bonds. The third-order valence-corrected chi connectivity index (χ3v) is 4.16. The zero-order chi connectivity index (χ0) is 13.4. The van der Waals surface area contributed by atoms with E-state index in [0.29, 0.717) is 25.1 Å². The molecule has 0 saturated carbocycles. The molecule has 6 heteroatoms. The first-order chi connectivity index (χ1) is 8.53. The molecule has 0 spiro atoms. The van der Waals surface area contributed by atoms with Crippen LogP contribution in [0.3, 0.4) is 0 Å². The van der Waals surface area contributed by atoms with Gasteiger partial charge >= 0.3 is 0 Å². The summed E-state index contributed by atoms with van der Waals surface area (Å²) in [5, 5.41) is 0. The second-order valence-corrected chi connectivity index (χ2v) is 6.29. The van der Waals surface area contributed by atoms with E-state index in [0.717, 1.165) is 5.56 Å². The van der Waals surface area contributed by atoms with Gasteiger partial charge in [0.15, 0.2) is 0 Å². The van der Waals surface area contributed by atoms with Crippen molar-refractivity contribution in [3.63, 3.8) is 0 Å². The van der Waals surface area contributed by atoms with Crippen molar-refractivity contribution in [3.8, 4) is 0 Å². The normalized spacial score (nSPS) is 11.7. The Bertz CT molecular complexity index is 465. The fraction of sp³-hybridized carbons (Fsp3) is 0.500. The number of rotatable bonds is 8. The number of sulfonamides is 1. The zero-order valence-electron chi connectivity index (χ0n) is 10.0. The second-order valence-electron chi connectivity index (χ2n) is 3.99. The maximum atomic E-state index is 12.9. The lowest BCUT2D eigenvalue weighted by atomic mass is 10.1. The standard InChI is InChI=1S/C12H17ClFNO2S/c13-7-1-2-9-18(16,17)15-8-6-11-4-3-5-12(14)10-11/h3-5,10,15H,1-2,6-9H2. The molecule has 0 aromatic heterocycles. The van der Waals surface area contributed by atoms with Crippen LogP contribution in [-0.4, -0.2) is 26.6 Å². The van der Waals surface area contributed by atoms with Crippen LogP contribution in [0.15, 0.2) is 24.3 Å². The molecule has 102 valence electrons. The molecule has 1 aromatic carbocycles. The maximum absolute atomic E-state index is 12.9. The van der Waals surface area contributed by atoms with Gasteiger partial charge in [-0.3, -0.25) is 0 Å². The van der Waals surface area contributed by atoms with E-state index < -0.39 is 10.0 Å². The molecular weight excluding hydrogens is 277 g/mol. The number of nitrogens with one attached hydrogen (secondary N) is 1. The van der Waals surface area contributed by atoms with Crippen LogP contribution in [0.1, 0.15) is 18.4 Å². The number of unbranched alkanes of at least 4 members (excludes halogenated alkanes) is 1. The predicted molar refractivity (Wildman–Crippen MR) is 71.8 cm³/mol. The fourth-order valence-electron chi connectivity index (χ4n) is 1.50. The molecule has 0 bridgehead atoms. The third kappa shape index (κ3) is 6.33. The van der Waals surface area contributed by atoms with Gasteiger partial charge in [0.2, 0.25) is 10.0 Å². The lowest BCUT2D eigenvalue weighted by molar-refractivity contribution is 0.578. The van der Waals surface area contributed by atoms with Crippen molar-refractivity contribution >= 4 is 21.6 Å². The quantitative estimate of drug-likeness (QED) is 0.590. The van der Waals surface area contributed by atoms with E-state index in [-0.39, 0.29) is 18.1 Å². The highest BCUT2D eigenvalue weighted by molar-refractivity contribution is 7.89. The summed E-state index contributed by atoms with van der Waals surface area (Å²) in [4.78, 5) is 0. The highest BCUT2D eigenvalue weighted by Crippen LogP contribution is 2.04. The minimum atomic E-state index is -3.24. The van der Waals surface area contributed by atoms with E-state index in [1.165, 1.54) is 12.1 Å². The van der Waals surface area contributed by atoms with E-state index in [1.807, 2.05) is 0 Å². The summed E-state index contributed by atoms with van der Waals surface area (Å²) in [5.74, 6) is 0.249. The molecule has 3 nitrogen and oxygen atoms in total. The number of hydrogen-bond donors (Lipinski definition) is 1. The molecule has 0 aliphatic rings. The van der Waals surface area contributed by atoms with Crippen molar-refractivity contribution in [2.75, 3.05) is 18.2 Å². The van der Waals surface area contributed by atoms with E-state index in [9.17, 15) is 12.8 Å². The zero-order valence-corrected chi connectivity index (χ0v) is 11.6. The lowest BCUT2D eigenvalue weighted by Crippen LogP contribution is -2.28. The largest absolute Gasteiger partial charge is 0.215 e. The maximum Gasteiger partial charge on any atom is 0.211 e. The van der Waals surface area contributed by atoms with E-state index in [2.05, 4.69) is 4.72 Å². The topological polar surface area (TPSA) is 46.2 Å². The van der Waals surface area contributed by atoms with Crippen molar-refractivity contribution in [1.29, 1.82) is 0 Å². The molecular formula is C12H17ClFNO2S. The van der Waals surface area contributed by atoms with Gasteiger partial charge in [-0.25, -0.2) is 17.5 Å². The average Bonchev–Trinajstić information content (AvgIpc) is 2.29. The number of halogens is 2. The molecule has 1 rings (SSSR count). The Labute approximate surface area is 112 Å². The van der Waals surface area contributed by atoms with Gasteiger partial charge in [0.1, 0.15) is 5.82 Å². The third-order valence-electron chi connectivity index (χ3n) is 2.42. The minimum Gasteiger partial charge on any atom is -0.215 e. The van der Waals surface area contributed by atoms with Gasteiger partial charge in [-0.2, -0.15) is 0 Å². The molecule has 0 aliphatic heterocycles. The van der Waals surface area contributed by atoms with Crippen LogP contribution in [0.4, 0.5) is 4.39 Å². The summed E-state index contributed by atoms with van der Waals surface area (Å²) in [5.41, 5.74) is 0.776. The van der Waals surface area contributed by atoms with Gasteiger partial charge in [-0.1, -0.05) is 12.1 Å². The van der Waals surface area contributed by atoms with E-state index >= 15 is 0 Å². The van der Waals surface area contributed by atoms with Gasteiger partial charge < -0.3 is 0 Å². The Morgan fingerprint density at radius 3 is 2.72 bits per heavy atom. The SMILES string of the molecule is O=S(=O)(CCCCCl)NCCc1cccc(F)c1. The smallest absolute Gasteiger partial charge is 0.211 e. The lowest BCUT2D eigenvalue weighted by Gasteiger charge is -2.06. The fourth-order valence-corrected chi connectivity index (χ4v) is 2.83. The molecule has 0 heterocycles. The molecule has 0 unspecified atom stereocenters. The molecule has 18 heavy (non-hydrogen) atoms. The van der Waals surface area contributed by atoms with Crippen molar-refractivity contribution < 1.29 is 12.8 Å². The molecule has 0 fully saturated rings. The summed E-state index contributed by atoms with van der Waals surface area (Å²) < 4.78 is 38.4. The molecule has 1 aromatic rings. The Hall–Kier alpha value is -0.650. The van der Waals surface area contributed by atoms with Crippen molar-refractivity contribution in [2.45, 2.75) is 19.3 Å². The molecule has 1 N–H and O–H groups in total. The van der Waals surface area contributed by atoms with E-state index in [1.54, 1.807) is 12.1 Å². The Morgan fingerprint density at radius 1 is 1.28 bits per heavy atom. The highest BCUT2D eigenvalue weighted by Gasteiger charge is 2.08. The number of alkyl halides is 1. The summed E-state index contributed by atoms with van der Waals surface area (Å²) in [7, 11) is -3.24. The van der Waals surface area contributed by atoms with Gasteiger partial charge in [0, 0.05) is 12.4 Å². The van der Waals surface area contributed by atoms with Crippen LogP contribution in [0, 0.1) is 5.82 Å². The van der Waals surface area contributed by atoms with Crippen LogP contribution in [0.5, 0.6) is 0 Å². The summed E-state index contributed by atoms with van der Waals surface area (Å²) >= 11 is 5.48. The first-order valence-electron chi connectivity index (χ1n) is 5.81.